The van der Waals surface area contributed by atoms with Gasteiger partial charge >= 0.3 is 0 Å². The molecule has 0 atom stereocenters. The molecule has 1 N–H and O–H groups in total. The first-order valence-corrected chi connectivity index (χ1v) is 5.39. The van der Waals surface area contributed by atoms with E-state index < -0.39 is 0 Å². The average molecular weight is 269 g/mol. The molecule has 0 spiro atoms. The van der Waals surface area contributed by atoms with E-state index in [0.717, 1.165) is 37.2 Å². The maximum atomic E-state index is 10.4. The summed E-state index contributed by atoms with van der Waals surface area (Å²) in [5.41, 5.74) is 0.582. The minimum atomic E-state index is 0. The van der Waals surface area contributed by atoms with E-state index in [-0.39, 0.29) is 24.8 Å². The molecule has 86 valence electrons. The Labute approximate surface area is 105 Å². The second-order valence-electron chi connectivity index (χ2n) is 3.25. The van der Waals surface area contributed by atoms with Gasteiger partial charge in [-0.15, -0.1) is 36.2 Å². The highest BCUT2D eigenvalue weighted by atomic mass is 35.5. The number of nitrogens with one attached hydrogen (secondary N) is 1. The first-order chi connectivity index (χ1) is 6.40. The summed E-state index contributed by atoms with van der Waals surface area (Å²) in [5.74, 6) is 0.569. The van der Waals surface area contributed by atoms with Crippen molar-refractivity contribution in [3.05, 3.63) is 16.1 Å². The highest BCUT2D eigenvalue weighted by Gasteiger charge is 2.17. The molecular formula is C9H14Cl2N2OS. The van der Waals surface area contributed by atoms with Crippen molar-refractivity contribution in [3.63, 3.8) is 0 Å². The number of rotatable bonds is 2. The summed E-state index contributed by atoms with van der Waals surface area (Å²) in [6.07, 6.45) is 3.11. The summed E-state index contributed by atoms with van der Waals surface area (Å²) in [6.45, 7) is 2.14. The molecule has 0 amide bonds. The number of thiazole rings is 1. The fourth-order valence-electron chi connectivity index (χ4n) is 1.61. The van der Waals surface area contributed by atoms with E-state index in [0.29, 0.717) is 11.6 Å². The molecule has 1 saturated heterocycles. The van der Waals surface area contributed by atoms with E-state index >= 15 is 0 Å². The molecule has 15 heavy (non-hydrogen) atoms. The van der Waals surface area contributed by atoms with E-state index in [2.05, 4.69) is 10.3 Å². The van der Waals surface area contributed by atoms with Gasteiger partial charge in [-0.2, -0.15) is 0 Å². The molecule has 0 bridgehead atoms. The van der Waals surface area contributed by atoms with Crippen molar-refractivity contribution in [2.45, 2.75) is 18.8 Å². The van der Waals surface area contributed by atoms with Crippen molar-refractivity contribution >= 4 is 42.4 Å². The van der Waals surface area contributed by atoms with Crippen LogP contribution >= 0.6 is 36.2 Å². The zero-order valence-electron chi connectivity index (χ0n) is 8.14. The lowest BCUT2D eigenvalue weighted by molar-refractivity contribution is 0.111. The summed E-state index contributed by atoms with van der Waals surface area (Å²) in [5, 5.41) is 6.28. The predicted molar refractivity (Wildman–Crippen MR) is 66.8 cm³/mol. The first kappa shape index (κ1) is 14.8. The quantitative estimate of drug-likeness (QED) is 0.837. The van der Waals surface area contributed by atoms with Gasteiger partial charge in [-0.1, -0.05) is 0 Å². The van der Waals surface area contributed by atoms with Gasteiger partial charge in [0.2, 0.25) is 0 Å². The normalized spacial score (nSPS) is 16.3. The minimum Gasteiger partial charge on any atom is -0.317 e. The van der Waals surface area contributed by atoms with Crippen molar-refractivity contribution < 1.29 is 4.79 Å². The van der Waals surface area contributed by atoms with Crippen molar-refractivity contribution in [3.8, 4) is 0 Å². The van der Waals surface area contributed by atoms with Gasteiger partial charge in [-0.05, 0) is 25.9 Å². The summed E-state index contributed by atoms with van der Waals surface area (Å²) in [4.78, 5) is 14.7. The highest BCUT2D eigenvalue weighted by Crippen LogP contribution is 2.27. The van der Waals surface area contributed by atoms with E-state index in [4.69, 9.17) is 0 Å². The highest BCUT2D eigenvalue weighted by molar-refractivity contribution is 7.09. The van der Waals surface area contributed by atoms with Gasteiger partial charge in [0.15, 0.2) is 6.29 Å². The van der Waals surface area contributed by atoms with Crippen LogP contribution in [0, 0.1) is 0 Å². The summed E-state index contributed by atoms with van der Waals surface area (Å²) >= 11 is 1.61. The van der Waals surface area contributed by atoms with Crippen LogP contribution in [0.1, 0.15) is 34.3 Å². The van der Waals surface area contributed by atoms with Gasteiger partial charge in [0, 0.05) is 11.3 Å². The number of halogens is 2. The molecule has 1 aliphatic rings. The van der Waals surface area contributed by atoms with Crippen LogP contribution in [0.2, 0.25) is 0 Å². The number of carbonyl (C=O) groups excluding carboxylic acids is 1. The molecule has 0 radical (unpaired) electrons. The third kappa shape index (κ3) is 3.72. The zero-order chi connectivity index (χ0) is 9.10. The van der Waals surface area contributed by atoms with Crippen LogP contribution in [0.25, 0.3) is 0 Å². The summed E-state index contributed by atoms with van der Waals surface area (Å²) in [7, 11) is 0. The van der Waals surface area contributed by atoms with Gasteiger partial charge < -0.3 is 5.32 Å². The molecule has 2 heterocycles. The molecule has 6 heteroatoms. The molecule has 1 aromatic rings. The van der Waals surface area contributed by atoms with E-state index in [9.17, 15) is 4.79 Å². The van der Waals surface area contributed by atoms with E-state index in [1.165, 1.54) is 0 Å². The number of hydrogen-bond donors (Lipinski definition) is 1. The molecule has 3 nitrogen and oxygen atoms in total. The van der Waals surface area contributed by atoms with Crippen molar-refractivity contribution in [1.82, 2.24) is 10.3 Å². The van der Waals surface area contributed by atoms with Gasteiger partial charge in [-0.25, -0.2) is 4.98 Å². The molecule has 1 aliphatic heterocycles. The Hall–Kier alpha value is -0.160. The Morgan fingerprint density at radius 3 is 2.60 bits per heavy atom. The second kappa shape index (κ2) is 7.17. The lowest BCUT2D eigenvalue weighted by Gasteiger charge is -2.20. The predicted octanol–water partition coefficient (Wildman–Crippen LogP) is 2.27. The minimum absolute atomic E-state index is 0. The van der Waals surface area contributed by atoms with Crippen LogP contribution in [-0.4, -0.2) is 24.4 Å². The Kier molecular flexibility index (Phi) is 7.09. The molecule has 0 aliphatic carbocycles. The lowest BCUT2D eigenvalue weighted by Crippen LogP contribution is -2.26. The Morgan fingerprint density at radius 1 is 1.40 bits per heavy atom. The number of hydrogen-bond acceptors (Lipinski definition) is 4. The monoisotopic (exact) mass is 268 g/mol. The topological polar surface area (TPSA) is 42.0 Å². The molecule has 1 fully saturated rings. The number of nitrogens with zero attached hydrogens (tertiary/aromatic N) is 1. The second-order valence-corrected chi connectivity index (χ2v) is 4.14. The van der Waals surface area contributed by atoms with Crippen molar-refractivity contribution in [2.24, 2.45) is 0 Å². The number of aldehydes is 1. The Morgan fingerprint density at radius 2 is 2.07 bits per heavy atom. The van der Waals surface area contributed by atoms with Crippen molar-refractivity contribution in [2.75, 3.05) is 13.1 Å². The fourth-order valence-corrected chi connectivity index (χ4v) is 2.55. The molecular weight excluding hydrogens is 255 g/mol. The summed E-state index contributed by atoms with van der Waals surface area (Å²) in [6, 6.07) is 0. The van der Waals surface area contributed by atoms with Crippen LogP contribution in [-0.2, 0) is 0 Å². The first-order valence-electron chi connectivity index (χ1n) is 4.51. The molecule has 0 unspecified atom stereocenters. The van der Waals surface area contributed by atoms with Crippen LogP contribution < -0.4 is 5.32 Å². The molecule has 0 aromatic carbocycles. The third-order valence-corrected chi connectivity index (χ3v) is 3.37. The average Bonchev–Trinajstić information content (AvgIpc) is 2.67. The Balaban J connectivity index is 0.000000980. The molecule has 0 saturated carbocycles. The van der Waals surface area contributed by atoms with Crippen LogP contribution in [0.15, 0.2) is 5.38 Å². The summed E-state index contributed by atoms with van der Waals surface area (Å²) < 4.78 is 0. The van der Waals surface area contributed by atoms with E-state index in [1.54, 1.807) is 11.3 Å². The fraction of sp³-hybridized carbons (Fsp3) is 0.556. The van der Waals surface area contributed by atoms with Gasteiger partial charge in [0.25, 0.3) is 0 Å². The SMILES string of the molecule is Cl.Cl.O=Cc1csc(C2CCNCC2)n1. The number of aromatic nitrogens is 1. The molecule has 2 rings (SSSR count). The smallest absolute Gasteiger partial charge is 0.169 e. The maximum absolute atomic E-state index is 10.4. The van der Waals surface area contributed by atoms with Crippen LogP contribution in [0.5, 0.6) is 0 Å². The maximum Gasteiger partial charge on any atom is 0.169 e. The third-order valence-electron chi connectivity index (χ3n) is 2.35. The van der Waals surface area contributed by atoms with Gasteiger partial charge in [-0.3, -0.25) is 4.79 Å². The number of carbonyl (C=O) groups is 1. The lowest BCUT2D eigenvalue weighted by atomic mass is 9.99. The largest absolute Gasteiger partial charge is 0.317 e. The van der Waals surface area contributed by atoms with Crippen molar-refractivity contribution in [1.29, 1.82) is 0 Å². The number of piperidine rings is 1. The zero-order valence-corrected chi connectivity index (χ0v) is 10.6. The van der Waals surface area contributed by atoms with E-state index in [1.807, 2.05) is 5.38 Å². The van der Waals surface area contributed by atoms with Gasteiger partial charge in [0.1, 0.15) is 5.69 Å². The van der Waals surface area contributed by atoms with Gasteiger partial charge in [0.05, 0.1) is 5.01 Å². The Bertz CT molecular complexity index is 300. The van der Waals surface area contributed by atoms with Crippen LogP contribution in [0.4, 0.5) is 0 Å². The van der Waals surface area contributed by atoms with Crippen LogP contribution in [0.3, 0.4) is 0 Å². The molecule has 1 aromatic heterocycles. The standard InChI is InChI=1S/C9H12N2OS.2ClH/c12-5-8-6-13-9(11-8)7-1-3-10-4-2-7;;/h5-7,10H,1-4H2;2*1H.